The van der Waals surface area contributed by atoms with E-state index in [1.807, 2.05) is 54.4 Å². The van der Waals surface area contributed by atoms with E-state index in [1.54, 1.807) is 10.6 Å². The van der Waals surface area contributed by atoms with Gasteiger partial charge < -0.3 is 4.90 Å². The molecule has 1 aliphatic carbocycles. The first-order valence-corrected chi connectivity index (χ1v) is 12.0. The lowest BCUT2D eigenvalue weighted by Crippen LogP contribution is -2.39. The van der Waals surface area contributed by atoms with Crippen molar-refractivity contribution < 1.29 is 4.79 Å². The van der Waals surface area contributed by atoms with Crippen molar-refractivity contribution in [3.63, 3.8) is 0 Å². The first-order valence-electron chi connectivity index (χ1n) is 10.7. The molecule has 0 N–H and O–H groups in total. The van der Waals surface area contributed by atoms with Gasteiger partial charge in [0.25, 0.3) is 5.56 Å². The fraction of sp³-hybridized carbons (Fsp3) is 0.375. The van der Waals surface area contributed by atoms with Crippen LogP contribution in [0.5, 0.6) is 0 Å². The first-order chi connectivity index (χ1) is 15.0. The Labute approximate surface area is 191 Å². The van der Waals surface area contributed by atoms with Crippen LogP contribution in [0.2, 0.25) is 5.02 Å². The lowest BCUT2D eigenvalue weighted by molar-refractivity contribution is -0.129. The van der Waals surface area contributed by atoms with Crippen LogP contribution in [0, 0.1) is 0 Å². The van der Waals surface area contributed by atoms with Crippen LogP contribution in [0.1, 0.15) is 37.7 Å². The second-order valence-corrected chi connectivity index (χ2v) is 9.40. The van der Waals surface area contributed by atoms with E-state index in [2.05, 4.69) is 0 Å². The Kier molecular flexibility index (Phi) is 6.98. The highest BCUT2D eigenvalue weighted by molar-refractivity contribution is 7.99. The molecule has 1 aromatic heterocycles. The number of para-hydroxylation sites is 1. The summed E-state index contributed by atoms with van der Waals surface area (Å²) in [7, 11) is 1.89. The van der Waals surface area contributed by atoms with Crippen molar-refractivity contribution in [1.29, 1.82) is 0 Å². The second kappa shape index (κ2) is 9.88. The lowest BCUT2D eigenvalue weighted by Gasteiger charge is -2.31. The van der Waals surface area contributed by atoms with E-state index >= 15 is 0 Å². The lowest BCUT2D eigenvalue weighted by atomic mass is 9.94. The Balaban J connectivity index is 1.61. The Morgan fingerprint density at radius 2 is 1.94 bits per heavy atom. The van der Waals surface area contributed by atoms with Crippen molar-refractivity contribution >= 4 is 40.2 Å². The number of fused-ring (bicyclic) bond motifs is 1. The number of hydrogen-bond acceptors (Lipinski definition) is 4. The number of carbonyl (C=O) groups is 1. The number of benzene rings is 2. The summed E-state index contributed by atoms with van der Waals surface area (Å²) in [5.74, 6) is 0.335. The molecule has 0 aliphatic heterocycles. The van der Waals surface area contributed by atoms with Gasteiger partial charge in [-0.25, -0.2) is 4.98 Å². The summed E-state index contributed by atoms with van der Waals surface area (Å²) in [4.78, 5) is 32.7. The summed E-state index contributed by atoms with van der Waals surface area (Å²) in [6.07, 6.45) is 5.76. The third-order valence-electron chi connectivity index (χ3n) is 5.90. The zero-order valence-electron chi connectivity index (χ0n) is 17.6. The molecule has 0 unspecified atom stereocenters. The van der Waals surface area contributed by atoms with Crippen molar-refractivity contribution in [2.75, 3.05) is 12.8 Å². The smallest absolute Gasteiger partial charge is 0.262 e. The minimum atomic E-state index is -0.110. The standard InChI is InChI=1S/C24H26ClN3O2S/c1-27(19-10-3-2-4-11-19)22(29)16-31-24-26-21-13-6-5-12-20(21)23(30)28(24)15-17-8-7-9-18(25)14-17/h5-9,12-14,19H,2-4,10-11,15-16H2,1H3. The molecule has 4 rings (SSSR count). The van der Waals surface area contributed by atoms with E-state index in [9.17, 15) is 9.59 Å². The molecule has 2 aromatic carbocycles. The monoisotopic (exact) mass is 455 g/mol. The van der Waals surface area contributed by atoms with Gasteiger partial charge in [-0.05, 0) is 42.7 Å². The van der Waals surface area contributed by atoms with Gasteiger partial charge in [-0.2, -0.15) is 0 Å². The van der Waals surface area contributed by atoms with Gasteiger partial charge in [0, 0.05) is 18.1 Å². The van der Waals surface area contributed by atoms with Gasteiger partial charge in [-0.1, -0.05) is 66.9 Å². The predicted molar refractivity (Wildman–Crippen MR) is 127 cm³/mol. The van der Waals surface area contributed by atoms with Gasteiger partial charge in [-0.3, -0.25) is 14.2 Å². The molecule has 0 radical (unpaired) electrons. The molecule has 1 heterocycles. The molecular weight excluding hydrogens is 430 g/mol. The average Bonchev–Trinajstić information content (AvgIpc) is 2.79. The molecule has 0 spiro atoms. The highest BCUT2D eigenvalue weighted by Gasteiger charge is 2.23. The van der Waals surface area contributed by atoms with Gasteiger partial charge in [-0.15, -0.1) is 0 Å². The van der Waals surface area contributed by atoms with Crippen LogP contribution >= 0.6 is 23.4 Å². The minimum Gasteiger partial charge on any atom is -0.342 e. The van der Waals surface area contributed by atoms with Crippen molar-refractivity contribution in [2.24, 2.45) is 0 Å². The first kappa shape index (κ1) is 21.9. The van der Waals surface area contributed by atoms with E-state index in [0.717, 1.165) is 18.4 Å². The maximum Gasteiger partial charge on any atom is 0.262 e. The molecule has 0 bridgehead atoms. The molecule has 1 aliphatic rings. The van der Waals surface area contributed by atoms with E-state index < -0.39 is 0 Å². The van der Waals surface area contributed by atoms with Crippen molar-refractivity contribution in [2.45, 2.75) is 49.8 Å². The Morgan fingerprint density at radius 1 is 1.16 bits per heavy atom. The van der Waals surface area contributed by atoms with Crippen LogP contribution in [0.25, 0.3) is 10.9 Å². The quantitative estimate of drug-likeness (QED) is 0.388. The van der Waals surface area contributed by atoms with Crippen molar-refractivity contribution in [3.8, 4) is 0 Å². The highest BCUT2D eigenvalue weighted by Crippen LogP contribution is 2.24. The van der Waals surface area contributed by atoms with Gasteiger partial charge in [0.15, 0.2) is 5.16 Å². The Bertz CT molecular complexity index is 1140. The number of thioether (sulfide) groups is 1. The van der Waals surface area contributed by atoms with E-state index in [1.165, 1.54) is 31.0 Å². The third kappa shape index (κ3) is 5.13. The van der Waals surface area contributed by atoms with E-state index in [4.69, 9.17) is 16.6 Å². The van der Waals surface area contributed by atoms with Crippen LogP contribution in [-0.2, 0) is 11.3 Å². The predicted octanol–water partition coefficient (Wildman–Crippen LogP) is 4.98. The third-order valence-corrected chi connectivity index (χ3v) is 7.09. The van der Waals surface area contributed by atoms with Gasteiger partial charge in [0.1, 0.15) is 0 Å². The topological polar surface area (TPSA) is 55.2 Å². The fourth-order valence-corrected chi connectivity index (χ4v) is 5.25. The second-order valence-electron chi connectivity index (χ2n) is 8.02. The molecular formula is C24H26ClN3O2S. The molecule has 3 aromatic rings. The molecule has 1 amide bonds. The Morgan fingerprint density at radius 3 is 2.71 bits per heavy atom. The largest absolute Gasteiger partial charge is 0.342 e. The number of hydrogen-bond donors (Lipinski definition) is 0. The highest BCUT2D eigenvalue weighted by atomic mass is 35.5. The number of aromatic nitrogens is 2. The van der Waals surface area contributed by atoms with Gasteiger partial charge in [0.05, 0.1) is 23.2 Å². The summed E-state index contributed by atoms with van der Waals surface area (Å²) in [5, 5.41) is 1.74. The summed E-state index contributed by atoms with van der Waals surface area (Å²) in [6.45, 7) is 0.353. The summed E-state index contributed by atoms with van der Waals surface area (Å²) in [5.41, 5.74) is 1.45. The molecule has 1 saturated carbocycles. The summed E-state index contributed by atoms with van der Waals surface area (Å²) >= 11 is 7.47. The van der Waals surface area contributed by atoms with Gasteiger partial charge in [0.2, 0.25) is 5.91 Å². The van der Waals surface area contributed by atoms with Crippen LogP contribution in [0.3, 0.4) is 0 Å². The number of rotatable bonds is 6. The van der Waals surface area contributed by atoms with Crippen LogP contribution in [-0.4, -0.2) is 39.2 Å². The minimum absolute atomic E-state index is 0.0774. The van der Waals surface area contributed by atoms with Gasteiger partial charge >= 0.3 is 0 Å². The molecule has 7 heteroatoms. The number of amides is 1. The number of nitrogens with zero attached hydrogens (tertiary/aromatic N) is 3. The Hall–Kier alpha value is -2.31. The van der Waals surface area contributed by atoms with Crippen molar-refractivity contribution in [1.82, 2.24) is 14.5 Å². The molecule has 5 nitrogen and oxygen atoms in total. The fourth-order valence-electron chi connectivity index (χ4n) is 4.12. The number of carbonyl (C=O) groups excluding carboxylic acids is 1. The molecule has 0 saturated heterocycles. The van der Waals surface area contributed by atoms with Crippen LogP contribution in [0.15, 0.2) is 58.5 Å². The summed E-state index contributed by atoms with van der Waals surface area (Å²) < 4.78 is 1.65. The maximum absolute atomic E-state index is 13.2. The SMILES string of the molecule is CN(C(=O)CSc1nc2ccccc2c(=O)n1Cc1cccc(Cl)c1)C1CCCCC1. The van der Waals surface area contributed by atoms with Crippen molar-refractivity contribution in [3.05, 3.63) is 69.5 Å². The number of halogens is 1. The molecule has 31 heavy (non-hydrogen) atoms. The normalized spacial score (nSPS) is 14.6. The molecule has 0 atom stereocenters. The van der Waals surface area contributed by atoms with E-state index in [-0.39, 0.29) is 17.2 Å². The zero-order valence-corrected chi connectivity index (χ0v) is 19.2. The van der Waals surface area contributed by atoms with Crippen LogP contribution < -0.4 is 5.56 Å². The molecule has 1 fully saturated rings. The average molecular weight is 456 g/mol. The zero-order chi connectivity index (χ0) is 21.8. The van der Waals surface area contributed by atoms with Crippen LogP contribution in [0.4, 0.5) is 0 Å². The molecule has 162 valence electrons. The maximum atomic E-state index is 13.2. The van der Waals surface area contributed by atoms with E-state index in [0.29, 0.717) is 33.7 Å². The summed E-state index contributed by atoms with van der Waals surface area (Å²) in [6, 6.07) is 15.1.